The summed E-state index contributed by atoms with van der Waals surface area (Å²) in [7, 11) is -3.30. The van der Waals surface area contributed by atoms with Gasteiger partial charge in [0.2, 0.25) is 0 Å². The molecule has 0 aliphatic heterocycles. The minimum atomic E-state index is -3.30. The van der Waals surface area contributed by atoms with Crippen LogP contribution in [0.2, 0.25) is 0 Å². The van der Waals surface area contributed by atoms with E-state index in [2.05, 4.69) is 0 Å². The van der Waals surface area contributed by atoms with Crippen molar-refractivity contribution in [3.63, 3.8) is 0 Å². The fourth-order valence-corrected chi connectivity index (χ4v) is 2.72. The van der Waals surface area contributed by atoms with Crippen LogP contribution in [0.1, 0.15) is 18.1 Å². The highest BCUT2D eigenvalue weighted by Crippen LogP contribution is 2.08. The van der Waals surface area contributed by atoms with Crippen molar-refractivity contribution in [2.24, 2.45) is 0 Å². The molecule has 0 saturated heterocycles. The lowest BCUT2D eigenvalue weighted by atomic mass is 10.2. The second kappa shape index (κ2) is 4.57. The number of hydrogen-bond acceptors (Lipinski definition) is 3. The average molecular weight is 226 g/mol. The SMILES string of the molecule is CC(=O)CS(=O)(=O)Cc1ccc(C)cc1. The van der Waals surface area contributed by atoms with Crippen LogP contribution in [-0.2, 0) is 20.4 Å². The van der Waals surface area contributed by atoms with Crippen LogP contribution in [0, 0.1) is 6.92 Å². The van der Waals surface area contributed by atoms with E-state index in [4.69, 9.17) is 0 Å². The Morgan fingerprint density at radius 2 is 1.73 bits per heavy atom. The lowest BCUT2D eigenvalue weighted by Gasteiger charge is -2.02. The van der Waals surface area contributed by atoms with Crippen LogP contribution < -0.4 is 0 Å². The highest BCUT2D eigenvalue weighted by Gasteiger charge is 2.14. The summed E-state index contributed by atoms with van der Waals surface area (Å²) in [5.74, 6) is -0.754. The Hall–Kier alpha value is -1.16. The molecule has 1 rings (SSSR count). The molecule has 0 amide bonds. The van der Waals surface area contributed by atoms with Crippen molar-refractivity contribution >= 4 is 15.6 Å². The van der Waals surface area contributed by atoms with Crippen LogP contribution >= 0.6 is 0 Å². The van der Waals surface area contributed by atoms with Crippen molar-refractivity contribution < 1.29 is 13.2 Å². The average Bonchev–Trinajstić information content (AvgIpc) is 2.06. The molecule has 0 spiro atoms. The summed E-state index contributed by atoms with van der Waals surface area (Å²) in [6.07, 6.45) is 0. The zero-order chi connectivity index (χ0) is 11.5. The van der Waals surface area contributed by atoms with Gasteiger partial charge in [-0.3, -0.25) is 4.79 Å². The Morgan fingerprint density at radius 3 is 2.20 bits per heavy atom. The van der Waals surface area contributed by atoms with E-state index >= 15 is 0 Å². The third kappa shape index (κ3) is 4.25. The van der Waals surface area contributed by atoms with Crippen molar-refractivity contribution in [2.45, 2.75) is 19.6 Å². The highest BCUT2D eigenvalue weighted by atomic mass is 32.2. The summed E-state index contributed by atoms with van der Waals surface area (Å²) < 4.78 is 22.9. The molecule has 0 N–H and O–H groups in total. The lowest BCUT2D eigenvalue weighted by molar-refractivity contribution is -0.114. The monoisotopic (exact) mass is 226 g/mol. The lowest BCUT2D eigenvalue weighted by Crippen LogP contribution is -2.15. The molecule has 15 heavy (non-hydrogen) atoms. The van der Waals surface area contributed by atoms with E-state index in [1.165, 1.54) is 6.92 Å². The van der Waals surface area contributed by atoms with E-state index in [1.807, 2.05) is 19.1 Å². The number of hydrogen-bond donors (Lipinski definition) is 0. The van der Waals surface area contributed by atoms with E-state index in [-0.39, 0.29) is 17.3 Å². The largest absolute Gasteiger partial charge is 0.299 e. The second-order valence-corrected chi connectivity index (χ2v) is 5.78. The van der Waals surface area contributed by atoms with Gasteiger partial charge in [-0.2, -0.15) is 0 Å². The maximum Gasteiger partial charge on any atom is 0.161 e. The van der Waals surface area contributed by atoms with E-state index in [0.717, 1.165) is 11.1 Å². The van der Waals surface area contributed by atoms with Gasteiger partial charge in [0.25, 0.3) is 0 Å². The molecule has 0 heterocycles. The first kappa shape index (κ1) is 11.9. The first-order chi connectivity index (χ1) is 6.89. The number of benzene rings is 1. The Kier molecular flexibility index (Phi) is 3.63. The predicted molar refractivity (Wildman–Crippen MR) is 59.4 cm³/mol. The fourth-order valence-electron chi connectivity index (χ4n) is 1.30. The number of rotatable bonds is 4. The highest BCUT2D eigenvalue weighted by molar-refractivity contribution is 7.91. The van der Waals surface area contributed by atoms with Crippen molar-refractivity contribution in [1.82, 2.24) is 0 Å². The summed E-state index contributed by atoms with van der Waals surface area (Å²) >= 11 is 0. The van der Waals surface area contributed by atoms with Crippen molar-refractivity contribution in [2.75, 3.05) is 5.75 Å². The first-order valence-electron chi connectivity index (χ1n) is 4.64. The van der Waals surface area contributed by atoms with E-state index < -0.39 is 9.84 Å². The molecule has 0 radical (unpaired) electrons. The Balaban J connectivity index is 2.78. The molecule has 4 heteroatoms. The van der Waals surface area contributed by atoms with E-state index in [0.29, 0.717) is 0 Å². The Bertz CT molecular complexity index is 443. The van der Waals surface area contributed by atoms with Crippen molar-refractivity contribution in [1.29, 1.82) is 0 Å². The predicted octanol–water partition coefficient (Wildman–Crippen LogP) is 1.50. The second-order valence-electron chi connectivity index (χ2n) is 3.72. The summed E-state index contributed by atoms with van der Waals surface area (Å²) in [4.78, 5) is 10.7. The molecule has 0 atom stereocenters. The molecule has 0 aliphatic carbocycles. The Labute approximate surface area is 90.0 Å². The van der Waals surface area contributed by atoms with Gasteiger partial charge in [-0.1, -0.05) is 29.8 Å². The molecule has 0 saturated carbocycles. The van der Waals surface area contributed by atoms with Crippen molar-refractivity contribution in [3.8, 4) is 0 Å². The number of aryl methyl sites for hydroxylation is 1. The van der Waals surface area contributed by atoms with Gasteiger partial charge in [-0.05, 0) is 19.4 Å². The summed E-state index contributed by atoms with van der Waals surface area (Å²) in [5, 5.41) is 0. The molecule has 0 aliphatic rings. The molecule has 0 bridgehead atoms. The van der Waals surface area contributed by atoms with Crippen LogP contribution in [0.5, 0.6) is 0 Å². The number of carbonyl (C=O) groups is 1. The molecule has 0 unspecified atom stereocenters. The van der Waals surface area contributed by atoms with Crippen LogP contribution in [0.25, 0.3) is 0 Å². The third-order valence-electron chi connectivity index (χ3n) is 1.93. The van der Waals surface area contributed by atoms with Gasteiger partial charge in [0.1, 0.15) is 11.5 Å². The first-order valence-corrected chi connectivity index (χ1v) is 6.46. The minimum Gasteiger partial charge on any atom is -0.299 e. The van der Waals surface area contributed by atoms with Crippen LogP contribution in [0.4, 0.5) is 0 Å². The van der Waals surface area contributed by atoms with Crippen LogP contribution in [-0.4, -0.2) is 20.0 Å². The quantitative estimate of drug-likeness (QED) is 0.781. The molecular formula is C11H14O3S. The van der Waals surface area contributed by atoms with Crippen LogP contribution in [0.3, 0.4) is 0 Å². The molecule has 1 aromatic carbocycles. The molecule has 0 fully saturated rings. The van der Waals surface area contributed by atoms with Crippen molar-refractivity contribution in [3.05, 3.63) is 35.4 Å². The topological polar surface area (TPSA) is 51.2 Å². The van der Waals surface area contributed by atoms with Gasteiger partial charge in [0.05, 0.1) is 5.75 Å². The standard InChI is InChI=1S/C11H14O3S/c1-9-3-5-11(6-4-9)8-15(13,14)7-10(2)12/h3-6H,7-8H2,1-2H3. The zero-order valence-electron chi connectivity index (χ0n) is 8.86. The van der Waals surface area contributed by atoms with Gasteiger partial charge in [0.15, 0.2) is 9.84 Å². The van der Waals surface area contributed by atoms with E-state index in [9.17, 15) is 13.2 Å². The van der Waals surface area contributed by atoms with E-state index in [1.54, 1.807) is 12.1 Å². The summed E-state index contributed by atoms with van der Waals surface area (Å²) in [6, 6.07) is 7.26. The van der Waals surface area contributed by atoms with Gasteiger partial charge in [0, 0.05) is 0 Å². The normalized spacial score (nSPS) is 11.3. The zero-order valence-corrected chi connectivity index (χ0v) is 9.67. The van der Waals surface area contributed by atoms with Gasteiger partial charge in [-0.15, -0.1) is 0 Å². The van der Waals surface area contributed by atoms with Gasteiger partial charge >= 0.3 is 0 Å². The fraction of sp³-hybridized carbons (Fsp3) is 0.364. The summed E-state index contributed by atoms with van der Waals surface area (Å²) in [5.41, 5.74) is 1.81. The van der Waals surface area contributed by atoms with Crippen LogP contribution in [0.15, 0.2) is 24.3 Å². The maximum absolute atomic E-state index is 11.5. The van der Waals surface area contributed by atoms with Gasteiger partial charge in [-0.25, -0.2) is 8.42 Å². The Morgan fingerprint density at radius 1 is 1.20 bits per heavy atom. The molecule has 1 aromatic rings. The molecular weight excluding hydrogens is 212 g/mol. The number of ketones is 1. The smallest absolute Gasteiger partial charge is 0.161 e. The molecule has 3 nitrogen and oxygen atoms in total. The number of carbonyl (C=O) groups excluding carboxylic acids is 1. The molecule has 82 valence electrons. The number of Topliss-reactive ketones (excluding diaryl/α,β-unsaturated/α-hetero) is 1. The summed E-state index contributed by atoms with van der Waals surface area (Å²) in [6.45, 7) is 3.22. The number of sulfone groups is 1. The third-order valence-corrected chi connectivity index (χ3v) is 3.55. The minimum absolute atomic E-state index is 0.0626. The maximum atomic E-state index is 11.5. The van der Waals surface area contributed by atoms with Gasteiger partial charge < -0.3 is 0 Å². The molecule has 0 aromatic heterocycles.